The number of nitrogens with zero attached hydrogens (tertiary/aromatic N) is 1. The molecular formula is C13H20ClNO2S2. The Morgan fingerprint density at radius 1 is 1.42 bits per heavy atom. The minimum atomic E-state index is -3.44. The van der Waals surface area contributed by atoms with Crippen LogP contribution in [-0.2, 0) is 15.9 Å². The van der Waals surface area contributed by atoms with Gasteiger partial charge in [-0.2, -0.15) is 16.1 Å². The fourth-order valence-corrected chi connectivity index (χ4v) is 4.43. The summed E-state index contributed by atoms with van der Waals surface area (Å²) in [7, 11) is -1.80. The lowest BCUT2D eigenvalue weighted by Crippen LogP contribution is -2.38. The van der Waals surface area contributed by atoms with Gasteiger partial charge < -0.3 is 0 Å². The van der Waals surface area contributed by atoms with Gasteiger partial charge in [-0.15, -0.1) is 11.6 Å². The number of hydrogen-bond donors (Lipinski definition) is 0. The molecule has 0 aliphatic heterocycles. The van der Waals surface area contributed by atoms with Crippen molar-refractivity contribution in [1.82, 2.24) is 4.31 Å². The molecule has 0 saturated carbocycles. The molecule has 1 aromatic rings. The first kappa shape index (κ1) is 16.8. The van der Waals surface area contributed by atoms with Gasteiger partial charge in [0.25, 0.3) is 0 Å². The average molecular weight is 322 g/mol. The molecule has 1 aromatic carbocycles. The van der Waals surface area contributed by atoms with Crippen molar-refractivity contribution in [3.05, 3.63) is 29.8 Å². The van der Waals surface area contributed by atoms with Gasteiger partial charge in [0.2, 0.25) is 10.0 Å². The minimum Gasteiger partial charge on any atom is -0.207 e. The zero-order chi connectivity index (χ0) is 14.5. The Morgan fingerprint density at radius 2 is 2.11 bits per heavy atom. The normalized spacial score (nSPS) is 13.7. The summed E-state index contributed by atoms with van der Waals surface area (Å²) in [6, 6.07) is 6.83. The number of benzene rings is 1. The predicted octanol–water partition coefficient (Wildman–Crippen LogP) is 3.19. The molecule has 0 radical (unpaired) electrons. The molecule has 1 rings (SSSR count). The van der Waals surface area contributed by atoms with Crippen LogP contribution < -0.4 is 0 Å². The Hall–Kier alpha value is -0.230. The van der Waals surface area contributed by atoms with Gasteiger partial charge in [0.05, 0.1) is 4.90 Å². The lowest BCUT2D eigenvalue weighted by Gasteiger charge is -2.26. The maximum Gasteiger partial charge on any atom is 0.243 e. The van der Waals surface area contributed by atoms with Crippen molar-refractivity contribution in [2.45, 2.75) is 30.2 Å². The molecular weight excluding hydrogens is 302 g/mol. The highest BCUT2D eigenvalue weighted by Gasteiger charge is 2.26. The zero-order valence-electron chi connectivity index (χ0n) is 11.5. The van der Waals surface area contributed by atoms with Crippen LogP contribution in [0.25, 0.3) is 0 Å². The number of alkyl halides is 1. The molecule has 0 saturated heterocycles. The van der Waals surface area contributed by atoms with Gasteiger partial charge >= 0.3 is 0 Å². The van der Waals surface area contributed by atoms with Gasteiger partial charge in [0.15, 0.2) is 0 Å². The van der Waals surface area contributed by atoms with Crippen molar-refractivity contribution in [3.63, 3.8) is 0 Å². The highest BCUT2D eigenvalue weighted by molar-refractivity contribution is 7.98. The third kappa shape index (κ3) is 4.12. The quantitative estimate of drug-likeness (QED) is 0.724. The second kappa shape index (κ2) is 7.53. The predicted molar refractivity (Wildman–Crippen MR) is 83.4 cm³/mol. The maximum absolute atomic E-state index is 12.5. The first-order chi connectivity index (χ1) is 8.97. The van der Waals surface area contributed by atoms with Gasteiger partial charge in [-0.25, -0.2) is 8.42 Å². The standard InChI is InChI=1S/C13H20ClNO2S2/c1-4-12(10-18-3)15(2)19(16,17)13-7-5-6-11(8-13)9-14/h5-8,12H,4,9-10H2,1-3H3. The van der Waals surface area contributed by atoms with E-state index in [-0.39, 0.29) is 6.04 Å². The summed E-state index contributed by atoms with van der Waals surface area (Å²) in [6.45, 7) is 2.00. The number of rotatable bonds is 7. The molecule has 3 nitrogen and oxygen atoms in total. The van der Waals surface area contributed by atoms with E-state index in [2.05, 4.69) is 0 Å². The van der Waals surface area contributed by atoms with Crippen LogP contribution in [0.15, 0.2) is 29.2 Å². The molecule has 0 aromatic heterocycles. The average Bonchev–Trinajstić information content (AvgIpc) is 2.44. The van der Waals surface area contributed by atoms with Crippen LogP contribution in [0.4, 0.5) is 0 Å². The largest absolute Gasteiger partial charge is 0.243 e. The number of halogens is 1. The van der Waals surface area contributed by atoms with Crippen molar-refractivity contribution in [2.24, 2.45) is 0 Å². The van der Waals surface area contributed by atoms with Crippen molar-refractivity contribution in [2.75, 3.05) is 19.1 Å². The lowest BCUT2D eigenvalue weighted by molar-refractivity contribution is 0.385. The van der Waals surface area contributed by atoms with Crippen molar-refractivity contribution in [3.8, 4) is 0 Å². The van der Waals surface area contributed by atoms with E-state index in [1.54, 1.807) is 37.0 Å². The van der Waals surface area contributed by atoms with Gasteiger partial charge in [-0.05, 0) is 30.4 Å². The molecule has 0 bridgehead atoms. The van der Waals surface area contributed by atoms with E-state index in [4.69, 9.17) is 11.6 Å². The van der Waals surface area contributed by atoms with Crippen LogP contribution >= 0.6 is 23.4 Å². The SMILES string of the molecule is CCC(CSC)N(C)S(=O)(=O)c1cccc(CCl)c1. The summed E-state index contributed by atoms with van der Waals surface area (Å²) in [4.78, 5) is 0.313. The van der Waals surface area contributed by atoms with Gasteiger partial charge in [0, 0.05) is 24.7 Å². The highest BCUT2D eigenvalue weighted by Crippen LogP contribution is 2.21. The van der Waals surface area contributed by atoms with E-state index in [1.165, 1.54) is 4.31 Å². The molecule has 0 N–H and O–H groups in total. The summed E-state index contributed by atoms with van der Waals surface area (Å²) >= 11 is 7.41. The molecule has 0 aliphatic rings. The molecule has 0 fully saturated rings. The highest BCUT2D eigenvalue weighted by atomic mass is 35.5. The molecule has 19 heavy (non-hydrogen) atoms. The molecule has 0 aliphatic carbocycles. The van der Waals surface area contributed by atoms with Gasteiger partial charge in [-0.3, -0.25) is 0 Å². The minimum absolute atomic E-state index is 0.0136. The van der Waals surface area contributed by atoms with Gasteiger partial charge in [0.1, 0.15) is 0 Å². The second-order valence-electron chi connectivity index (χ2n) is 4.32. The molecule has 1 unspecified atom stereocenters. The Labute approximate surface area is 125 Å². The first-order valence-corrected chi connectivity index (χ1v) is 9.46. The van der Waals surface area contributed by atoms with Crippen LogP contribution in [0.3, 0.4) is 0 Å². The van der Waals surface area contributed by atoms with Crippen LogP contribution in [0, 0.1) is 0 Å². The maximum atomic E-state index is 12.5. The van der Waals surface area contributed by atoms with E-state index in [0.717, 1.165) is 17.7 Å². The van der Waals surface area contributed by atoms with Crippen LogP contribution in [0.1, 0.15) is 18.9 Å². The summed E-state index contributed by atoms with van der Waals surface area (Å²) in [5, 5.41) is 0. The molecule has 1 atom stereocenters. The Kier molecular flexibility index (Phi) is 6.66. The van der Waals surface area contributed by atoms with E-state index in [9.17, 15) is 8.42 Å². The molecule has 0 amide bonds. The summed E-state index contributed by atoms with van der Waals surface area (Å²) in [5.41, 5.74) is 0.814. The Morgan fingerprint density at radius 3 is 2.63 bits per heavy atom. The smallest absolute Gasteiger partial charge is 0.207 e. The Bertz CT molecular complexity index is 505. The van der Waals surface area contributed by atoms with Crippen molar-refractivity contribution < 1.29 is 8.42 Å². The molecule has 0 heterocycles. The fraction of sp³-hybridized carbons (Fsp3) is 0.538. The van der Waals surface area contributed by atoms with Crippen molar-refractivity contribution in [1.29, 1.82) is 0 Å². The van der Waals surface area contributed by atoms with E-state index < -0.39 is 10.0 Å². The monoisotopic (exact) mass is 321 g/mol. The fourth-order valence-electron chi connectivity index (χ4n) is 1.82. The summed E-state index contributed by atoms with van der Waals surface area (Å²) < 4.78 is 26.6. The number of hydrogen-bond acceptors (Lipinski definition) is 3. The molecule has 6 heteroatoms. The van der Waals surface area contributed by atoms with E-state index in [0.29, 0.717) is 10.8 Å². The first-order valence-electron chi connectivity index (χ1n) is 6.09. The second-order valence-corrected chi connectivity index (χ2v) is 7.50. The zero-order valence-corrected chi connectivity index (χ0v) is 13.9. The van der Waals surface area contributed by atoms with Crippen LogP contribution in [0.5, 0.6) is 0 Å². The van der Waals surface area contributed by atoms with Crippen molar-refractivity contribution >= 4 is 33.4 Å². The summed E-state index contributed by atoms with van der Waals surface area (Å²) in [5.74, 6) is 1.11. The van der Waals surface area contributed by atoms with Gasteiger partial charge in [-0.1, -0.05) is 19.1 Å². The van der Waals surface area contributed by atoms with Crippen LogP contribution in [-0.4, -0.2) is 37.8 Å². The topological polar surface area (TPSA) is 37.4 Å². The number of thioether (sulfide) groups is 1. The number of sulfonamides is 1. The van der Waals surface area contributed by atoms with E-state index in [1.807, 2.05) is 19.2 Å². The van der Waals surface area contributed by atoms with E-state index >= 15 is 0 Å². The lowest BCUT2D eigenvalue weighted by atomic mass is 10.2. The molecule has 0 spiro atoms. The van der Waals surface area contributed by atoms with Crippen LogP contribution in [0.2, 0.25) is 0 Å². The third-order valence-electron chi connectivity index (χ3n) is 3.07. The molecule has 108 valence electrons. The summed E-state index contributed by atoms with van der Waals surface area (Å²) in [6.07, 6.45) is 2.78. The third-order valence-corrected chi connectivity index (χ3v) is 6.01. The Balaban J connectivity index is 3.07.